The molecule has 2 atom stereocenters. The lowest BCUT2D eigenvalue weighted by atomic mass is 10.0. The van der Waals surface area contributed by atoms with Crippen LogP contribution in [0.5, 0.6) is 0 Å². The summed E-state index contributed by atoms with van der Waals surface area (Å²) in [6.07, 6.45) is 7.85. The van der Waals surface area contributed by atoms with E-state index in [1.54, 1.807) is 24.5 Å². The summed E-state index contributed by atoms with van der Waals surface area (Å²) in [5.74, 6) is 0.0123. The number of aliphatic hydroxyl groups is 1. The highest BCUT2D eigenvalue weighted by Crippen LogP contribution is 2.20. The van der Waals surface area contributed by atoms with Gasteiger partial charge in [-0.2, -0.15) is 0 Å². The largest absolute Gasteiger partial charge is 0.386 e. The molecule has 0 saturated carbocycles. The van der Waals surface area contributed by atoms with Crippen molar-refractivity contribution in [2.75, 3.05) is 19.6 Å². The number of aliphatic hydroxyl groups excluding tert-OH is 1. The lowest BCUT2D eigenvalue weighted by Crippen LogP contribution is -2.49. The molecule has 1 aromatic heterocycles. The Labute approximate surface area is 157 Å². The van der Waals surface area contributed by atoms with Crippen LogP contribution in [0.15, 0.2) is 24.5 Å². The Hall–Kier alpha value is -0.880. The second-order valence-corrected chi connectivity index (χ2v) is 5.90. The number of hydrogen-bond acceptors (Lipinski definition) is 4. The molecule has 7 heteroatoms. The normalized spacial score (nSPS) is 16.0. The van der Waals surface area contributed by atoms with Crippen LogP contribution in [-0.4, -0.2) is 46.6 Å². The first kappa shape index (κ1) is 23.1. The predicted octanol–water partition coefficient (Wildman–Crippen LogP) is 2.73. The molecule has 2 rings (SSSR count). The highest BCUT2D eigenvalue weighted by Gasteiger charge is 2.32. The highest BCUT2D eigenvalue weighted by atomic mass is 35.5. The molecule has 5 nitrogen and oxygen atoms in total. The number of nitrogens with one attached hydrogen (secondary N) is 1. The van der Waals surface area contributed by atoms with Gasteiger partial charge < -0.3 is 15.3 Å². The van der Waals surface area contributed by atoms with E-state index in [4.69, 9.17) is 0 Å². The van der Waals surface area contributed by atoms with Crippen LogP contribution in [0.3, 0.4) is 0 Å². The van der Waals surface area contributed by atoms with Gasteiger partial charge in [-0.25, -0.2) is 0 Å². The maximum absolute atomic E-state index is 12.7. The molecule has 2 N–H and O–H groups in total. The van der Waals surface area contributed by atoms with Crippen LogP contribution in [0.4, 0.5) is 0 Å². The van der Waals surface area contributed by atoms with E-state index in [9.17, 15) is 9.90 Å². The summed E-state index contributed by atoms with van der Waals surface area (Å²) in [6, 6.07) is 2.96. The molecule has 2 unspecified atom stereocenters. The van der Waals surface area contributed by atoms with E-state index in [1.807, 2.05) is 4.90 Å². The summed E-state index contributed by atoms with van der Waals surface area (Å²) >= 11 is 0. The van der Waals surface area contributed by atoms with E-state index in [-0.39, 0.29) is 30.7 Å². The lowest BCUT2D eigenvalue weighted by Gasteiger charge is -2.28. The van der Waals surface area contributed by atoms with Crippen molar-refractivity contribution in [1.82, 2.24) is 15.2 Å². The molecule has 1 aliphatic heterocycles. The van der Waals surface area contributed by atoms with Crippen LogP contribution in [0.25, 0.3) is 0 Å². The number of amides is 1. The number of aromatic nitrogens is 1. The molecule has 2 heterocycles. The van der Waals surface area contributed by atoms with Crippen molar-refractivity contribution in [2.45, 2.75) is 51.2 Å². The van der Waals surface area contributed by atoms with E-state index < -0.39 is 12.1 Å². The fraction of sp³-hybridized carbons (Fsp3) is 0.647. The smallest absolute Gasteiger partial charge is 0.242 e. The Morgan fingerprint density at radius 1 is 1.25 bits per heavy atom. The van der Waals surface area contributed by atoms with Crippen molar-refractivity contribution in [3.8, 4) is 0 Å². The van der Waals surface area contributed by atoms with Crippen molar-refractivity contribution < 1.29 is 9.90 Å². The molecule has 0 radical (unpaired) electrons. The lowest BCUT2D eigenvalue weighted by molar-refractivity contribution is -0.135. The number of likely N-dealkylation sites (tertiary alicyclic amines) is 1. The van der Waals surface area contributed by atoms with E-state index in [0.717, 1.165) is 57.3 Å². The Balaban J connectivity index is 0.00000264. The summed E-state index contributed by atoms with van der Waals surface area (Å²) in [5.41, 5.74) is 0.732. The summed E-state index contributed by atoms with van der Waals surface area (Å²) < 4.78 is 0. The third kappa shape index (κ3) is 6.55. The number of halogens is 2. The molecule has 1 saturated heterocycles. The number of nitrogens with zero attached hydrogens (tertiary/aromatic N) is 2. The summed E-state index contributed by atoms with van der Waals surface area (Å²) in [7, 11) is 0. The Kier molecular flexibility index (Phi) is 12.0. The van der Waals surface area contributed by atoms with Crippen molar-refractivity contribution in [3.05, 3.63) is 30.1 Å². The molecule has 24 heavy (non-hydrogen) atoms. The van der Waals surface area contributed by atoms with Gasteiger partial charge in [-0.15, -0.1) is 24.8 Å². The molecule has 1 amide bonds. The van der Waals surface area contributed by atoms with Gasteiger partial charge in [0.15, 0.2) is 0 Å². The first-order chi connectivity index (χ1) is 10.7. The van der Waals surface area contributed by atoms with Crippen molar-refractivity contribution in [1.29, 1.82) is 0 Å². The third-order valence-electron chi connectivity index (χ3n) is 4.19. The van der Waals surface area contributed by atoms with Crippen LogP contribution in [-0.2, 0) is 4.79 Å². The van der Waals surface area contributed by atoms with Gasteiger partial charge in [0.1, 0.15) is 12.1 Å². The van der Waals surface area contributed by atoms with Gasteiger partial charge in [0, 0.05) is 25.5 Å². The van der Waals surface area contributed by atoms with Gasteiger partial charge in [-0.1, -0.05) is 19.8 Å². The van der Waals surface area contributed by atoms with Crippen molar-refractivity contribution >= 4 is 30.7 Å². The first-order valence-electron chi connectivity index (χ1n) is 8.34. The summed E-state index contributed by atoms with van der Waals surface area (Å²) in [5, 5.41) is 13.9. The molecule has 0 bridgehead atoms. The minimum absolute atomic E-state index is 0. The number of pyridine rings is 1. The molecule has 0 spiro atoms. The van der Waals surface area contributed by atoms with E-state index in [0.29, 0.717) is 0 Å². The van der Waals surface area contributed by atoms with Gasteiger partial charge in [0.25, 0.3) is 0 Å². The van der Waals surface area contributed by atoms with Crippen LogP contribution in [0, 0.1) is 0 Å². The summed E-state index contributed by atoms with van der Waals surface area (Å²) in [6.45, 7) is 4.50. The van der Waals surface area contributed by atoms with E-state index in [1.165, 1.54) is 0 Å². The fourth-order valence-corrected chi connectivity index (χ4v) is 2.85. The topological polar surface area (TPSA) is 65.5 Å². The summed E-state index contributed by atoms with van der Waals surface area (Å²) in [4.78, 5) is 18.5. The SMILES string of the molecule is CCCCCNC(C(=O)N1CCCC1)C(O)c1ccncc1.Cl.Cl. The number of rotatable bonds is 8. The second kappa shape index (κ2) is 12.5. The predicted molar refractivity (Wildman–Crippen MR) is 101 cm³/mol. The third-order valence-corrected chi connectivity index (χ3v) is 4.19. The highest BCUT2D eigenvalue weighted by molar-refractivity contribution is 5.85. The number of carbonyl (C=O) groups is 1. The van der Waals surface area contributed by atoms with Crippen LogP contribution in [0.1, 0.15) is 50.7 Å². The minimum atomic E-state index is -0.835. The monoisotopic (exact) mass is 377 g/mol. The van der Waals surface area contributed by atoms with Crippen molar-refractivity contribution in [2.24, 2.45) is 0 Å². The quantitative estimate of drug-likeness (QED) is 0.683. The average Bonchev–Trinajstić information content (AvgIpc) is 3.09. The molecule has 138 valence electrons. The Morgan fingerprint density at radius 3 is 2.46 bits per heavy atom. The number of hydrogen-bond donors (Lipinski definition) is 2. The molecule has 0 aliphatic carbocycles. The molecular formula is C17H29Cl2N3O2. The standard InChI is InChI=1S/C17H27N3O2.2ClH/c1-2-3-4-9-19-15(17(22)20-12-5-6-13-20)16(21)14-7-10-18-11-8-14;;/h7-8,10-11,15-16,19,21H,2-6,9,12-13H2,1H3;2*1H. The average molecular weight is 378 g/mol. The van der Waals surface area contributed by atoms with Crippen LogP contribution >= 0.6 is 24.8 Å². The molecule has 1 aromatic rings. The zero-order chi connectivity index (χ0) is 15.8. The zero-order valence-electron chi connectivity index (χ0n) is 14.2. The zero-order valence-corrected chi connectivity index (χ0v) is 15.8. The van der Waals surface area contributed by atoms with Gasteiger partial charge in [0.2, 0.25) is 5.91 Å². The maximum atomic E-state index is 12.7. The molecule has 1 aliphatic rings. The fourth-order valence-electron chi connectivity index (χ4n) is 2.85. The number of carbonyl (C=O) groups excluding carboxylic acids is 1. The van der Waals surface area contributed by atoms with E-state index >= 15 is 0 Å². The Morgan fingerprint density at radius 2 is 1.88 bits per heavy atom. The number of unbranched alkanes of at least 4 members (excludes halogenated alkanes) is 2. The minimum Gasteiger partial charge on any atom is -0.386 e. The second-order valence-electron chi connectivity index (χ2n) is 5.90. The molecular weight excluding hydrogens is 349 g/mol. The first-order valence-corrected chi connectivity index (χ1v) is 8.34. The van der Waals surface area contributed by atoms with Gasteiger partial charge in [-0.3, -0.25) is 9.78 Å². The van der Waals surface area contributed by atoms with Gasteiger partial charge in [0.05, 0.1) is 0 Å². The van der Waals surface area contributed by atoms with Crippen molar-refractivity contribution in [3.63, 3.8) is 0 Å². The maximum Gasteiger partial charge on any atom is 0.242 e. The van der Waals surface area contributed by atoms with Gasteiger partial charge in [-0.05, 0) is 43.5 Å². The Bertz CT molecular complexity index is 456. The van der Waals surface area contributed by atoms with Crippen LogP contribution in [0.2, 0.25) is 0 Å². The van der Waals surface area contributed by atoms with Crippen LogP contribution < -0.4 is 5.32 Å². The molecule has 0 aromatic carbocycles. The molecule has 1 fully saturated rings. The van der Waals surface area contributed by atoms with Gasteiger partial charge >= 0.3 is 0 Å². The van der Waals surface area contributed by atoms with E-state index in [2.05, 4.69) is 17.2 Å².